The highest BCUT2D eigenvalue weighted by atomic mass is 35.5. The molecule has 2 aromatic rings. The van der Waals surface area contributed by atoms with E-state index in [9.17, 15) is 26.4 Å². The van der Waals surface area contributed by atoms with Gasteiger partial charge in [0.05, 0.1) is 36.2 Å². The number of hydrogen-bond donors (Lipinski definition) is 2. The van der Waals surface area contributed by atoms with Crippen molar-refractivity contribution in [2.24, 2.45) is 11.8 Å². The van der Waals surface area contributed by atoms with Gasteiger partial charge in [-0.1, -0.05) is 17.7 Å². The quantitative estimate of drug-likeness (QED) is 0.513. The Balaban J connectivity index is 1.53. The van der Waals surface area contributed by atoms with Crippen LogP contribution >= 0.6 is 11.6 Å². The number of hydrogen-bond acceptors (Lipinski definition) is 7. The van der Waals surface area contributed by atoms with Crippen LogP contribution in [0.4, 0.5) is 11.4 Å². The Morgan fingerprint density at radius 2 is 1.43 bits per heavy atom. The zero-order valence-corrected chi connectivity index (χ0v) is 22.4. The molecular formula is C23H27ClN4O7S2. The average molecular weight is 571 g/mol. The van der Waals surface area contributed by atoms with Crippen LogP contribution in [0.2, 0.25) is 5.02 Å². The number of ether oxygens (including phenoxy) is 1. The molecule has 2 heterocycles. The molecule has 0 saturated carbocycles. The van der Waals surface area contributed by atoms with Gasteiger partial charge in [0.25, 0.3) is 0 Å². The first kappa shape index (κ1) is 27.5. The fourth-order valence-corrected chi connectivity index (χ4v) is 6.69. The molecule has 2 aliphatic rings. The Morgan fingerprint density at radius 3 is 2.00 bits per heavy atom. The Morgan fingerprint density at radius 1 is 0.865 bits per heavy atom. The third-order valence-electron chi connectivity index (χ3n) is 6.25. The van der Waals surface area contributed by atoms with Crippen LogP contribution in [0.1, 0.15) is 0 Å². The zero-order chi connectivity index (χ0) is 26.8. The number of nitrogens with zero attached hydrogens (tertiary/aromatic N) is 2. The van der Waals surface area contributed by atoms with Crippen molar-refractivity contribution in [3.63, 3.8) is 0 Å². The maximum atomic E-state index is 13.3. The number of rotatable bonds is 7. The molecule has 0 bridgehead atoms. The van der Waals surface area contributed by atoms with Crippen LogP contribution in [0.5, 0.6) is 0 Å². The molecule has 0 aromatic heterocycles. The van der Waals surface area contributed by atoms with Gasteiger partial charge in [0.1, 0.15) is 0 Å². The van der Waals surface area contributed by atoms with E-state index in [4.69, 9.17) is 16.3 Å². The van der Waals surface area contributed by atoms with Gasteiger partial charge in [-0.25, -0.2) is 21.1 Å². The van der Waals surface area contributed by atoms with Crippen molar-refractivity contribution in [1.29, 1.82) is 0 Å². The number of nitrogens with one attached hydrogen (secondary N) is 2. The highest BCUT2D eigenvalue weighted by molar-refractivity contribution is 7.89. The second kappa shape index (κ2) is 11.1. The van der Waals surface area contributed by atoms with Gasteiger partial charge in [-0.15, -0.1) is 0 Å². The maximum Gasteiger partial charge on any atom is 0.243 e. The standard InChI is InChI=1S/C23H27ClN4O7S2/c1-36(31,32)28-14-20(22(29)25-17-7-5-16(24)6-8-17)21(15-28)23(30)26-18-3-2-4-19(13-18)37(33,34)27-9-11-35-12-10-27/h2-8,13,20-21H,9-12,14-15H2,1H3,(H,25,29)(H,26,30)/t20-,21-/m0/s1. The van der Waals surface area contributed by atoms with Crippen LogP contribution in [0.15, 0.2) is 53.4 Å². The third kappa shape index (κ3) is 6.48. The van der Waals surface area contributed by atoms with Crippen LogP contribution in [0.3, 0.4) is 0 Å². The summed E-state index contributed by atoms with van der Waals surface area (Å²) in [7, 11) is -7.45. The molecule has 4 rings (SSSR count). The van der Waals surface area contributed by atoms with Crippen LogP contribution in [0, 0.1) is 11.8 Å². The molecule has 200 valence electrons. The molecule has 2 amide bonds. The van der Waals surface area contributed by atoms with Crippen LogP contribution in [-0.4, -0.2) is 82.9 Å². The minimum atomic E-state index is -3.79. The normalized spacial score (nSPS) is 21.5. The maximum absolute atomic E-state index is 13.3. The summed E-state index contributed by atoms with van der Waals surface area (Å²) in [6.07, 6.45) is 1.02. The van der Waals surface area contributed by atoms with Crippen LogP contribution in [0.25, 0.3) is 0 Å². The van der Waals surface area contributed by atoms with E-state index in [0.717, 1.165) is 10.6 Å². The Bertz CT molecular complexity index is 1380. The predicted octanol–water partition coefficient (Wildman–Crippen LogP) is 1.45. The lowest BCUT2D eigenvalue weighted by Crippen LogP contribution is -2.40. The summed E-state index contributed by atoms with van der Waals surface area (Å²) in [4.78, 5) is 26.3. The molecule has 2 atom stereocenters. The van der Waals surface area contributed by atoms with E-state index in [-0.39, 0.29) is 36.8 Å². The van der Waals surface area contributed by atoms with Gasteiger partial charge in [-0.05, 0) is 42.5 Å². The number of anilines is 2. The van der Waals surface area contributed by atoms with Gasteiger partial charge < -0.3 is 15.4 Å². The zero-order valence-electron chi connectivity index (χ0n) is 20.0. The highest BCUT2D eigenvalue weighted by Crippen LogP contribution is 2.29. The van der Waals surface area contributed by atoms with Crippen molar-refractivity contribution in [3.8, 4) is 0 Å². The summed E-state index contributed by atoms with van der Waals surface area (Å²) in [5, 5.41) is 5.85. The number of halogens is 1. The van der Waals surface area contributed by atoms with E-state index >= 15 is 0 Å². The molecule has 2 saturated heterocycles. The molecule has 0 spiro atoms. The summed E-state index contributed by atoms with van der Waals surface area (Å²) in [5.41, 5.74) is 0.668. The van der Waals surface area contributed by atoms with E-state index in [1.165, 1.54) is 28.6 Å². The van der Waals surface area contributed by atoms with E-state index in [1.807, 2.05) is 0 Å². The summed E-state index contributed by atoms with van der Waals surface area (Å²) in [6, 6.07) is 12.2. The molecule has 0 aliphatic carbocycles. The molecule has 2 aliphatic heterocycles. The lowest BCUT2D eigenvalue weighted by Gasteiger charge is -2.26. The second-order valence-electron chi connectivity index (χ2n) is 8.82. The largest absolute Gasteiger partial charge is 0.379 e. The molecule has 2 N–H and O–H groups in total. The monoisotopic (exact) mass is 570 g/mol. The summed E-state index contributed by atoms with van der Waals surface area (Å²) >= 11 is 5.88. The lowest BCUT2D eigenvalue weighted by atomic mass is 9.94. The molecule has 0 unspecified atom stereocenters. The number of morpholine rings is 1. The molecule has 37 heavy (non-hydrogen) atoms. The molecule has 2 fully saturated rings. The van der Waals surface area contributed by atoms with Gasteiger partial charge in [-0.2, -0.15) is 4.31 Å². The Labute approximate surface area is 220 Å². The van der Waals surface area contributed by atoms with Gasteiger partial charge in [0, 0.05) is 42.6 Å². The van der Waals surface area contributed by atoms with Gasteiger partial charge in [-0.3, -0.25) is 9.59 Å². The molecule has 11 nitrogen and oxygen atoms in total. The second-order valence-corrected chi connectivity index (χ2v) is 13.2. The smallest absolute Gasteiger partial charge is 0.243 e. The minimum Gasteiger partial charge on any atom is -0.379 e. The van der Waals surface area contributed by atoms with E-state index in [0.29, 0.717) is 23.9 Å². The number of benzene rings is 2. The van der Waals surface area contributed by atoms with E-state index in [1.54, 1.807) is 24.3 Å². The first-order valence-electron chi connectivity index (χ1n) is 11.5. The van der Waals surface area contributed by atoms with Crippen molar-refractivity contribution in [1.82, 2.24) is 8.61 Å². The van der Waals surface area contributed by atoms with Crippen molar-refractivity contribution in [3.05, 3.63) is 53.6 Å². The summed E-state index contributed by atoms with van der Waals surface area (Å²) < 4.78 is 58.0. The fourth-order valence-electron chi connectivity index (χ4n) is 4.24. The van der Waals surface area contributed by atoms with E-state index in [2.05, 4.69) is 10.6 Å². The van der Waals surface area contributed by atoms with E-state index < -0.39 is 43.7 Å². The Hall–Kier alpha value is -2.55. The van der Waals surface area contributed by atoms with Crippen molar-refractivity contribution >= 4 is 54.8 Å². The number of sulfonamides is 2. The van der Waals surface area contributed by atoms with Crippen LogP contribution in [-0.2, 0) is 34.4 Å². The topological polar surface area (TPSA) is 142 Å². The van der Waals surface area contributed by atoms with Gasteiger partial charge in [0.15, 0.2) is 0 Å². The SMILES string of the molecule is CS(=O)(=O)N1C[C@H](C(=O)Nc2ccc(Cl)cc2)[C@@H](C(=O)Nc2cccc(S(=O)(=O)N3CCOCC3)c2)C1. The first-order valence-corrected chi connectivity index (χ1v) is 15.1. The average Bonchev–Trinajstić information content (AvgIpc) is 3.33. The fraction of sp³-hybridized carbons (Fsp3) is 0.391. The predicted molar refractivity (Wildman–Crippen MR) is 138 cm³/mol. The number of amides is 2. The molecule has 14 heteroatoms. The molecule has 2 aromatic carbocycles. The van der Waals surface area contributed by atoms with Crippen molar-refractivity contribution < 1.29 is 31.2 Å². The minimum absolute atomic E-state index is 0.00779. The third-order valence-corrected chi connectivity index (χ3v) is 9.63. The molecule has 0 radical (unpaired) electrons. The lowest BCUT2D eigenvalue weighted by molar-refractivity contribution is -0.127. The van der Waals surface area contributed by atoms with Crippen molar-refractivity contribution in [2.75, 3.05) is 56.3 Å². The number of carbonyl (C=O) groups excluding carboxylic acids is 2. The number of carbonyl (C=O) groups is 2. The van der Waals surface area contributed by atoms with Gasteiger partial charge >= 0.3 is 0 Å². The summed E-state index contributed by atoms with van der Waals surface area (Å²) in [5.74, 6) is -3.08. The first-order chi connectivity index (χ1) is 17.4. The molecular weight excluding hydrogens is 544 g/mol. The van der Waals surface area contributed by atoms with Gasteiger partial charge in [0.2, 0.25) is 31.9 Å². The Kier molecular flexibility index (Phi) is 8.21. The summed E-state index contributed by atoms with van der Waals surface area (Å²) in [6.45, 7) is 0.706. The van der Waals surface area contributed by atoms with Crippen molar-refractivity contribution in [2.45, 2.75) is 4.90 Å². The van der Waals surface area contributed by atoms with Crippen LogP contribution < -0.4 is 10.6 Å². The highest BCUT2D eigenvalue weighted by Gasteiger charge is 2.45.